The molecule has 2 N–H and O–H groups in total. The largest absolute Gasteiger partial charge is 0.489 e. The second kappa shape index (κ2) is 7.85. The smallest absolute Gasteiger partial charge is 0.317 e. The second-order valence-corrected chi connectivity index (χ2v) is 5.92. The number of benzene rings is 1. The van der Waals surface area contributed by atoms with E-state index in [1.165, 1.54) is 0 Å². The van der Waals surface area contributed by atoms with Gasteiger partial charge in [-0.1, -0.05) is 19.1 Å². The number of hydrogen-bond acceptors (Lipinski definition) is 3. The number of carboxylic acids is 1. The van der Waals surface area contributed by atoms with Crippen LogP contribution in [0.15, 0.2) is 24.3 Å². The molecule has 1 heterocycles. The molecule has 1 aliphatic rings. The molecule has 2 atom stereocenters. The van der Waals surface area contributed by atoms with E-state index in [9.17, 15) is 9.59 Å². The predicted octanol–water partition coefficient (Wildman–Crippen LogP) is 2.27. The van der Waals surface area contributed by atoms with Gasteiger partial charge in [0.1, 0.15) is 11.9 Å². The molecule has 2 unspecified atom stereocenters. The monoisotopic (exact) mass is 320 g/mol. The molecule has 0 spiro atoms. The molecule has 0 radical (unpaired) electrons. The molecule has 1 aromatic rings. The zero-order valence-corrected chi connectivity index (χ0v) is 13.6. The molecule has 1 fully saturated rings. The lowest BCUT2D eigenvalue weighted by Crippen LogP contribution is -2.43. The molecule has 0 aromatic heterocycles. The molecule has 1 aromatic carbocycles. The van der Waals surface area contributed by atoms with Gasteiger partial charge in [0.25, 0.3) is 0 Å². The molecule has 1 saturated heterocycles. The van der Waals surface area contributed by atoms with Crippen LogP contribution in [-0.4, -0.2) is 47.7 Å². The van der Waals surface area contributed by atoms with E-state index in [4.69, 9.17) is 9.84 Å². The first kappa shape index (κ1) is 17.1. The van der Waals surface area contributed by atoms with Crippen molar-refractivity contribution in [1.29, 1.82) is 0 Å². The van der Waals surface area contributed by atoms with Crippen molar-refractivity contribution >= 4 is 12.0 Å². The normalized spacial score (nSPS) is 18.5. The molecule has 23 heavy (non-hydrogen) atoms. The number of rotatable bonds is 6. The van der Waals surface area contributed by atoms with Crippen LogP contribution in [0.5, 0.6) is 5.75 Å². The summed E-state index contributed by atoms with van der Waals surface area (Å²) in [7, 11) is 0. The molecule has 1 aliphatic heterocycles. The van der Waals surface area contributed by atoms with E-state index in [0.717, 1.165) is 17.7 Å². The van der Waals surface area contributed by atoms with Crippen molar-refractivity contribution in [1.82, 2.24) is 10.2 Å². The second-order valence-electron chi connectivity index (χ2n) is 5.92. The highest BCUT2D eigenvalue weighted by Gasteiger charge is 2.30. The number of urea groups is 1. The van der Waals surface area contributed by atoms with Gasteiger partial charge in [0.2, 0.25) is 0 Å². The van der Waals surface area contributed by atoms with Gasteiger partial charge in [-0.2, -0.15) is 0 Å². The summed E-state index contributed by atoms with van der Waals surface area (Å²) >= 11 is 0. The highest BCUT2D eigenvalue weighted by molar-refractivity contribution is 5.77. The van der Waals surface area contributed by atoms with E-state index in [-0.39, 0.29) is 18.7 Å². The van der Waals surface area contributed by atoms with Gasteiger partial charge in [-0.15, -0.1) is 0 Å². The number of aliphatic carboxylic acids is 1. The van der Waals surface area contributed by atoms with E-state index in [1.807, 2.05) is 38.1 Å². The van der Waals surface area contributed by atoms with E-state index in [2.05, 4.69) is 5.32 Å². The average molecular weight is 320 g/mol. The standard InChI is InChI=1S/C17H24N2O4/c1-3-14(23-15-6-4-5-12(2)9-15)10-18-17(22)19-8-7-13(11-19)16(20)21/h4-6,9,13-14H,3,7-8,10-11H2,1-2H3,(H,18,22)(H,20,21). The SMILES string of the molecule is CCC(CNC(=O)N1CCC(C(=O)O)C1)Oc1cccc(C)c1. The van der Waals surface area contributed by atoms with Crippen LogP contribution in [0.25, 0.3) is 0 Å². The van der Waals surface area contributed by atoms with E-state index in [1.54, 1.807) is 4.90 Å². The number of nitrogens with zero attached hydrogens (tertiary/aromatic N) is 1. The van der Waals surface area contributed by atoms with Gasteiger partial charge >= 0.3 is 12.0 Å². The number of nitrogens with one attached hydrogen (secondary N) is 1. The average Bonchev–Trinajstić information content (AvgIpc) is 3.01. The maximum atomic E-state index is 12.1. The number of ether oxygens (including phenoxy) is 1. The lowest BCUT2D eigenvalue weighted by Gasteiger charge is -2.21. The Bertz CT molecular complexity index is 561. The lowest BCUT2D eigenvalue weighted by atomic mass is 10.1. The van der Waals surface area contributed by atoms with Crippen LogP contribution in [0, 0.1) is 12.8 Å². The maximum Gasteiger partial charge on any atom is 0.317 e. The molecule has 6 heteroatoms. The fourth-order valence-corrected chi connectivity index (χ4v) is 2.61. The number of likely N-dealkylation sites (tertiary alicyclic amines) is 1. The summed E-state index contributed by atoms with van der Waals surface area (Å²) in [6.07, 6.45) is 1.17. The Morgan fingerprint density at radius 2 is 2.26 bits per heavy atom. The number of amides is 2. The molecular formula is C17H24N2O4. The van der Waals surface area contributed by atoms with Gasteiger partial charge in [0.05, 0.1) is 12.5 Å². The van der Waals surface area contributed by atoms with Crippen molar-refractivity contribution in [3.63, 3.8) is 0 Å². The molecule has 0 aliphatic carbocycles. The fourth-order valence-electron chi connectivity index (χ4n) is 2.61. The summed E-state index contributed by atoms with van der Waals surface area (Å²) in [5.74, 6) is -0.501. The minimum atomic E-state index is -0.838. The van der Waals surface area contributed by atoms with Gasteiger partial charge in [-0.3, -0.25) is 4.79 Å². The van der Waals surface area contributed by atoms with E-state index in [0.29, 0.717) is 19.5 Å². The molecular weight excluding hydrogens is 296 g/mol. The molecule has 2 amide bonds. The molecule has 2 rings (SSSR count). The number of hydrogen-bond donors (Lipinski definition) is 2. The summed E-state index contributed by atoms with van der Waals surface area (Å²) in [4.78, 5) is 24.6. The molecule has 126 valence electrons. The third kappa shape index (κ3) is 4.87. The Hall–Kier alpha value is -2.24. The predicted molar refractivity (Wildman–Crippen MR) is 86.6 cm³/mol. The van der Waals surface area contributed by atoms with Crippen molar-refractivity contribution < 1.29 is 19.4 Å². The van der Waals surface area contributed by atoms with Crippen molar-refractivity contribution in [3.8, 4) is 5.75 Å². The number of carbonyl (C=O) groups is 2. The van der Waals surface area contributed by atoms with Crippen molar-refractivity contribution in [2.24, 2.45) is 5.92 Å². The summed E-state index contributed by atoms with van der Waals surface area (Å²) in [6, 6.07) is 7.58. The van der Waals surface area contributed by atoms with Gasteiger partial charge in [-0.05, 0) is 37.5 Å². The third-order valence-corrected chi connectivity index (χ3v) is 4.05. The van der Waals surface area contributed by atoms with Crippen LogP contribution < -0.4 is 10.1 Å². The molecule has 6 nitrogen and oxygen atoms in total. The van der Waals surface area contributed by atoms with Gasteiger partial charge < -0.3 is 20.1 Å². The first-order valence-electron chi connectivity index (χ1n) is 7.98. The first-order chi connectivity index (χ1) is 11.0. The first-order valence-corrected chi connectivity index (χ1v) is 7.98. The Morgan fingerprint density at radius 1 is 1.48 bits per heavy atom. The highest BCUT2D eigenvalue weighted by Crippen LogP contribution is 2.17. The Kier molecular flexibility index (Phi) is 5.84. The number of carboxylic acid groups (broad SMARTS) is 1. The summed E-state index contributed by atoms with van der Waals surface area (Å²) in [5.41, 5.74) is 1.12. The third-order valence-electron chi connectivity index (χ3n) is 4.05. The maximum absolute atomic E-state index is 12.1. The summed E-state index contributed by atoms with van der Waals surface area (Å²) in [5, 5.41) is 11.8. The Labute approximate surface area is 136 Å². The van der Waals surface area contributed by atoms with Crippen LogP contribution in [0.4, 0.5) is 4.79 Å². The van der Waals surface area contributed by atoms with Gasteiger partial charge in [-0.25, -0.2) is 4.79 Å². The van der Waals surface area contributed by atoms with Gasteiger partial charge in [0.15, 0.2) is 0 Å². The highest BCUT2D eigenvalue weighted by atomic mass is 16.5. The number of carbonyl (C=O) groups excluding carboxylic acids is 1. The van der Waals surface area contributed by atoms with Crippen molar-refractivity contribution in [2.45, 2.75) is 32.8 Å². The van der Waals surface area contributed by atoms with E-state index < -0.39 is 11.9 Å². The van der Waals surface area contributed by atoms with Crippen molar-refractivity contribution in [2.75, 3.05) is 19.6 Å². The van der Waals surface area contributed by atoms with E-state index >= 15 is 0 Å². The van der Waals surface area contributed by atoms with Crippen molar-refractivity contribution in [3.05, 3.63) is 29.8 Å². The van der Waals surface area contributed by atoms with Crippen LogP contribution in [0.1, 0.15) is 25.3 Å². The van der Waals surface area contributed by atoms with Crippen LogP contribution in [0.3, 0.4) is 0 Å². The minimum Gasteiger partial charge on any atom is -0.489 e. The summed E-state index contributed by atoms with van der Waals surface area (Å²) < 4.78 is 5.89. The zero-order valence-electron chi connectivity index (χ0n) is 13.6. The zero-order chi connectivity index (χ0) is 16.8. The fraction of sp³-hybridized carbons (Fsp3) is 0.529. The lowest BCUT2D eigenvalue weighted by molar-refractivity contribution is -0.141. The molecule has 0 bridgehead atoms. The Morgan fingerprint density at radius 3 is 2.87 bits per heavy atom. The number of aryl methyl sites for hydroxylation is 1. The summed E-state index contributed by atoms with van der Waals surface area (Å²) in [6.45, 7) is 5.16. The quantitative estimate of drug-likeness (QED) is 0.843. The van der Waals surface area contributed by atoms with Crippen LogP contribution in [0.2, 0.25) is 0 Å². The Balaban J connectivity index is 1.81. The van der Waals surface area contributed by atoms with Gasteiger partial charge in [0, 0.05) is 13.1 Å². The van der Waals surface area contributed by atoms with Crippen LogP contribution >= 0.6 is 0 Å². The molecule has 0 saturated carbocycles. The minimum absolute atomic E-state index is 0.112. The van der Waals surface area contributed by atoms with Crippen LogP contribution in [-0.2, 0) is 4.79 Å². The topological polar surface area (TPSA) is 78.9 Å².